The molecule has 0 aliphatic carbocycles. The number of nitriles is 1. The van der Waals surface area contributed by atoms with Crippen LogP contribution >= 0.6 is 0 Å². The lowest BCUT2D eigenvalue weighted by atomic mass is 9.67. The molecule has 1 N–H and O–H groups in total. The van der Waals surface area contributed by atoms with Gasteiger partial charge in [0.25, 0.3) is 0 Å². The van der Waals surface area contributed by atoms with Crippen LogP contribution in [0.5, 0.6) is 0 Å². The summed E-state index contributed by atoms with van der Waals surface area (Å²) in [5, 5.41) is 11.5. The van der Waals surface area contributed by atoms with Gasteiger partial charge in [0.15, 0.2) is 0 Å². The van der Waals surface area contributed by atoms with E-state index in [0.29, 0.717) is 12.6 Å². The minimum Gasteiger partial charge on any atom is -0.443 e. The third-order valence-electron chi connectivity index (χ3n) is 6.52. The van der Waals surface area contributed by atoms with Crippen LogP contribution in [0.1, 0.15) is 38.3 Å². The maximum Gasteiger partial charge on any atom is 0.417 e. The van der Waals surface area contributed by atoms with E-state index in [1.165, 1.54) is 6.07 Å². The number of halogens is 3. The SMILES string of the molecule is CCNC(=O)O[C@@H]1C[C@@]2(C)O[C@]1(C)[C@@H]1C(=O)N(c3ccc(C#N)c(C(F)(F)F)c3)C(=O)[C@@H]12. The van der Waals surface area contributed by atoms with E-state index in [1.54, 1.807) is 20.8 Å². The second kappa shape index (κ2) is 6.93. The van der Waals surface area contributed by atoms with Crippen molar-refractivity contribution in [1.29, 1.82) is 5.26 Å². The van der Waals surface area contributed by atoms with Gasteiger partial charge in [0.1, 0.15) is 11.7 Å². The first-order valence-corrected chi connectivity index (χ1v) is 10.0. The summed E-state index contributed by atoms with van der Waals surface area (Å²) in [5.74, 6) is -3.37. The van der Waals surface area contributed by atoms with E-state index < -0.39 is 64.4 Å². The number of amides is 3. The molecule has 11 heteroatoms. The fourth-order valence-corrected chi connectivity index (χ4v) is 5.23. The highest BCUT2D eigenvalue weighted by atomic mass is 19.4. The molecule has 0 unspecified atom stereocenters. The maximum absolute atomic E-state index is 13.4. The Bertz CT molecular complexity index is 1070. The molecule has 3 aliphatic heterocycles. The number of ether oxygens (including phenoxy) is 2. The van der Waals surface area contributed by atoms with E-state index in [4.69, 9.17) is 14.7 Å². The summed E-state index contributed by atoms with van der Waals surface area (Å²) in [5.41, 5.74) is -4.56. The number of benzene rings is 1. The van der Waals surface area contributed by atoms with Crippen molar-refractivity contribution in [2.24, 2.45) is 11.8 Å². The van der Waals surface area contributed by atoms with Crippen molar-refractivity contribution in [1.82, 2.24) is 5.32 Å². The molecule has 1 aromatic rings. The molecule has 0 spiro atoms. The number of hydrogen-bond acceptors (Lipinski definition) is 6. The smallest absolute Gasteiger partial charge is 0.417 e. The highest BCUT2D eigenvalue weighted by Crippen LogP contribution is 2.61. The highest BCUT2D eigenvalue weighted by molar-refractivity contribution is 6.23. The van der Waals surface area contributed by atoms with Gasteiger partial charge in [-0.25, -0.2) is 9.69 Å². The molecule has 32 heavy (non-hydrogen) atoms. The fraction of sp³-hybridized carbons (Fsp3) is 0.524. The molecule has 5 atom stereocenters. The summed E-state index contributed by atoms with van der Waals surface area (Å²) in [7, 11) is 0. The lowest BCUT2D eigenvalue weighted by Crippen LogP contribution is -2.51. The number of alkyl carbamates (subject to hydrolysis) is 1. The van der Waals surface area contributed by atoms with E-state index in [9.17, 15) is 27.6 Å². The topological polar surface area (TPSA) is 109 Å². The molecular weight excluding hydrogens is 431 g/mol. The zero-order chi connectivity index (χ0) is 23.6. The normalized spacial score (nSPS) is 33.3. The Morgan fingerprint density at radius 3 is 2.56 bits per heavy atom. The van der Waals surface area contributed by atoms with Gasteiger partial charge in [-0.05, 0) is 39.0 Å². The molecular formula is C21H20F3N3O5. The van der Waals surface area contributed by atoms with Crippen molar-refractivity contribution in [3.05, 3.63) is 29.3 Å². The fourth-order valence-electron chi connectivity index (χ4n) is 5.23. The summed E-state index contributed by atoms with van der Waals surface area (Å²) in [6.45, 7) is 5.24. The molecule has 3 fully saturated rings. The van der Waals surface area contributed by atoms with Gasteiger partial charge in [0.05, 0.1) is 40.3 Å². The largest absolute Gasteiger partial charge is 0.443 e. The van der Waals surface area contributed by atoms with Gasteiger partial charge in [-0.2, -0.15) is 18.4 Å². The summed E-state index contributed by atoms with van der Waals surface area (Å²) in [6, 6.07) is 4.17. The van der Waals surface area contributed by atoms with Crippen molar-refractivity contribution in [3.63, 3.8) is 0 Å². The molecule has 1 aromatic carbocycles. The maximum atomic E-state index is 13.4. The molecule has 3 amide bonds. The lowest BCUT2D eigenvalue weighted by Gasteiger charge is -2.34. The van der Waals surface area contributed by atoms with Crippen molar-refractivity contribution < 1.29 is 37.0 Å². The number of alkyl halides is 3. The van der Waals surface area contributed by atoms with Gasteiger partial charge in [0.2, 0.25) is 11.8 Å². The van der Waals surface area contributed by atoms with Crippen LogP contribution in [0.4, 0.5) is 23.7 Å². The Morgan fingerprint density at radius 2 is 1.97 bits per heavy atom. The first kappa shape index (κ1) is 22.1. The van der Waals surface area contributed by atoms with E-state index in [1.807, 2.05) is 0 Å². The third kappa shape index (κ3) is 2.97. The first-order valence-electron chi connectivity index (χ1n) is 10.0. The average Bonchev–Trinajstić information content (AvgIpc) is 3.21. The van der Waals surface area contributed by atoms with Crippen LogP contribution in [-0.4, -0.2) is 41.8 Å². The molecule has 3 saturated heterocycles. The molecule has 2 bridgehead atoms. The van der Waals surface area contributed by atoms with Crippen molar-refractivity contribution in [2.45, 2.75) is 50.7 Å². The monoisotopic (exact) mass is 451 g/mol. The number of carbonyl (C=O) groups excluding carboxylic acids is 3. The van der Waals surface area contributed by atoms with Crippen molar-refractivity contribution in [2.75, 3.05) is 11.4 Å². The van der Waals surface area contributed by atoms with Crippen LogP contribution in [0.3, 0.4) is 0 Å². The van der Waals surface area contributed by atoms with Gasteiger partial charge in [0, 0.05) is 13.0 Å². The minimum atomic E-state index is -4.84. The Labute approximate surface area is 181 Å². The molecule has 8 nitrogen and oxygen atoms in total. The number of fused-ring (bicyclic) bond motifs is 5. The number of carbonyl (C=O) groups is 3. The van der Waals surface area contributed by atoms with Gasteiger partial charge in [-0.15, -0.1) is 0 Å². The third-order valence-corrected chi connectivity index (χ3v) is 6.52. The van der Waals surface area contributed by atoms with E-state index in [-0.39, 0.29) is 12.1 Å². The van der Waals surface area contributed by atoms with Gasteiger partial charge < -0.3 is 14.8 Å². The summed E-state index contributed by atoms with van der Waals surface area (Å²) in [4.78, 5) is 39.2. The summed E-state index contributed by atoms with van der Waals surface area (Å²) < 4.78 is 51.7. The predicted molar refractivity (Wildman–Crippen MR) is 102 cm³/mol. The molecule has 0 radical (unpaired) electrons. The van der Waals surface area contributed by atoms with Crippen LogP contribution < -0.4 is 10.2 Å². The van der Waals surface area contributed by atoms with Crippen LogP contribution in [-0.2, 0) is 25.2 Å². The van der Waals surface area contributed by atoms with Crippen LogP contribution in [0, 0.1) is 23.2 Å². The molecule has 170 valence electrons. The second-order valence-corrected chi connectivity index (χ2v) is 8.53. The van der Waals surface area contributed by atoms with Gasteiger partial charge >= 0.3 is 12.3 Å². The molecule has 0 saturated carbocycles. The Hall–Kier alpha value is -3.13. The van der Waals surface area contributed by atoms with Crippen LogP contribution in [0.15, 0.2) is 18.2 Å². The number of hydrogen-bond donors (Lipinski definition) is 1. The quantitative estimate of drug-likeness (QED) is 0.708. The number of nitrogens with zero attached hydrogens (tertiary/aromatic N) is 2. The molecule has 3 heterocycles. The van der Waals surface area contributed by atoms with Crippen LogP contribution in [0.2, 0.25) is 0 Å². The van der Waals surface area contributed by atoms with E-state index >= 15 is 0 Å². The Kier molecular flexibility index (Phi) is 4.78. The van der Waals surface area contributed by atoms with E-state index in [2.05, 4.69) is 5.32 Å². The van der Waals surface area contributed by atoms with Gasteiger partial charge in [-0.1, -0.05) is 0 Å². The number of imide groups is 1. The molecule has 0 aromatic heterocycles. The first-order chi connectivity index (χ1) is 14.9. The summed E-state index contributed by atoms with van der Waals surface area (Å²) >= 11 is 0. The zero-order valence-corrected chi connectivity index (χ0v) is 17.4. The predicted octanol–water partition coefficient (Wildman–Crippen LogP) is 2.75. The number of anilines is 1. The second-order valence-electron chi connectivity index (χ2n) is 8.53. The van der Waals surface area contributed by atoms with Crippen LogP contribution in [0.25, 0.3) is 0 Å². The Balaban J connectivity index is 1.72. The Morgan fingerprint density at radius 1 is 1.31 bits per heavy atom. The number of nitrogens with one attached hydrogen (secondary N) is 1. The number of rotatable bonds is 3. The van der Waals surface area contributed by atoms with E-state index in [0.717, 1.165) is 17.0 Å². The highest BCUT2D eigenvalue weighted by Gasteiger charge is 2.76. The van der Waals surface area contributed by atoms with Gasteiger partial charge in [-0.3, -0.25) is 9.59 Å². The molecule has 3 aliphatic rings. The van der Waals surface area contributed by atoms with Crippen molar-refractivity contribution >= 4 is 23.6 Å². The van der Waals surface area contributed by atoms with Crippen molar-refractivity contribution in [3.8, 4) is 6.07 Å². The lowest BCUT2D eigenvalue weighted by molar-refractivity contribution is -0.138. The minimum absolute atomic E-state index is 0.163. The zero-order valence-electron chi connectivity index (χ0n) is 17.4. The average molecular weight is 451 g/mol. The summed E-state index contributed by atoms with van der Waals surface area (Å²) in [6.07, 6.45) is -6.18. The standard InChI is InChI=1S/C21H20F3N3O5/c1-4-26-18(30)31-13-8-19(2)14-15(20(13,3)32-19)17(29)27(16(14)28)11-6-5-10(9-25)12(7-11)21(22,23)24/h5-7,13-15H,4,8H2,1-3H3,(H,26,30)/t13-,14-,15+,19-,20+/m1/s1. The molecule has 4 rings (SSSR count).